The van der Waals surface area contributed by atoms with Crippen molar-refractivity contribution >= 4 is 16.9 Å². The molecular weight excluding hydrogens is 313 g/mol. The highest BCUT2D eigenvalue weighted by Gasteiger charge is 2.43. The minimum Gasteiger partial charge on any atom is -0.366 e. The second-order valence-electron chi connectivity index (χ2n) is 5.28. The third-order valence-electron chi connectivity index (χ3n) is 3.81. The number of pyridine rings is 1. The van der Waals surface area contributed by atoms with Crippen LogP contribution in [0.3, 0.4) is 0 Å². The molecule has 0 saturated carbocycles. The van der Waals surface area contributed by atoms with Crippen LogP contribution in [0.1, 0.15) is 18.2 Å². The average Bonchev–Trinajstić information content (AvgIpc) is 2.91. The lowest BCUT2D eigenvalue weighted by atomic mass is 10.0. The van der Waals surface area contributed by atoms with Crippen LogP contribution in [-0.2, 0) is 12.3 Å². The van der Waals surface area contributed by atoms with Crippen molar-refractivity contribution in [3.8, 4) is 0 Å². The molecule has 120 valence electrons. The fourth-order valence-corrected chi connectivity index (χ4v) is 3.85. The van der Waals surface area contributed by atoms with E-state index in [0.717, 1.165) is 10.9 Å². The zero-order chi connectivity index (χ0) is 16.3. The Balaban J connectivity index is 1.83. The van der Waals surface area contributed by atoms with Gasteiger partial charge < -0.3 is 10.0 Å². The highest BCUT2D eigenvalue weighted by Crippen LogP contribution is 2.38. The van der Waals surface area contributed by atoms with E-state index >= 15 is 0 Å². The topological polar surface area (TPSA) is 48.7 Å². The Kier molecular flexibility index (Phi) is 4.63. The number of benzene rings is 1. The van der Waals surface area contributed by atoms with E-state index < -0.39 is 5.72 Å². The number of rotatable bonds is 4. The monoisotopic (exact) mass is 331 g/mol. The van der Waals surface area contributed by atoms with Gasteiger partial charge in [0.05, 0.1) is 18.0 Å². The molecule has 1 aliphatic rings. The van der Waals surface area contributed by atoms with E-state index in [4.69, 9.17) is 0 Å². The summed E-state index contributed by atoms with van der Waals surface area (Å²) in [5, 5.41) is 11.8. The Hall–Kier alpha value is -1.92. The van der Waals surface area contributed by atoms with Gasteiger partial charge in [-0.3, -0.25) is 9.98 Å². The number of aliphatic hydroxyl groups is 1. The minimum absolute atomic E-state index is 0.310. The molecule has 0 spiro atoms. The summed E-state index contributed by atoms with van der Waals surface area (Å²) < 4.78 is 13.1. The SMILES string of the molecule is CCN1C(=NCc2ccccn2)SCC1(O)c1ccc(F)cc1. The van der Waals surface area contributed by atoms with Crippen LogP contribution < -0.4 is 0 Å². The summed E-state index contributed by atoms with van der Waals surface area (Å²) in [4.78, 5) is 10.7. The predicted molar refractivity (Wildman–Crippen MR) is 90.5 cm³/mol. The van der Waals surface area contributed by atoms with Crippen molar-refractivity contribution in [2.24, 2.45) is 4.99 Å². The Morgan fingerprint density at radius 1 is 1.30 bits per heavy atom. The molecule has 0 bridgehead atoms. The van der Waals surface area contributed by atoms with E-state index in [-0.39, 0.29) is 5.82 Å². The van der Waals surface area contributed by atoms with Crippen molar-refractivity contribution in [2.75, 3.05) is 12.3 Å². The van der Waals surface area contributed by atoms with Gasteiger partial charge in [-0.1, -0.05) is 30.0 Å². The highest BCUT2D eigenvalue weighted by atomic mass is 32.2. The molecule has 6 heteroatoms. The molecule has 1 aliphatic heterocycles. The van der Waals surface area contributed by atoms with E-state index in [1.807, 2.05) is 30.0 Å². The largest absolute Gasteiger partial charge is 0.366 e. The van der Waals surface area contributed by atoms with E-state index in [1.165, 1.54) is 23.9 Å². The van der Waals surface area contributed by atoms with E-state index in [2.05, 4.69) is 9.98 Å². The molecule has 1 fully saturated rings. The van der Waals surface area contributed by atoms with Crippen LogP contribution in [0.2, 0.25) is 0 Å². The van der Waals surface area contributed by atoms with Crippen molar-refractivity contribution in [3.63, 3.8) is 0 Å². The first-order chi connectivity index (χ1) is 11.1. The van der Waals surface area contributed by atoms with Gasteiger partial charge in [0.2, 0.25) is 0 Å². The summed E-state index contributed by atoms with van der Waals surface area (Å²) in [5.41, 5.74) is 0.404. The van der Waals surface area contributed by atoms with E-state index in [0.29, 0.717) is 24.4 Å². The number of aromatic nitrogens is 1. The Labute approximate surface area is 139 Å². The first kappa shape index (κ1) is 16.0. The summed E-state index contributed by atoms with van der Waals surface area (Å²) in [7, 11) is 0. The number of thioether (sulfide) groups is 1. The highest BCUT2D eigenvalue weighted by molar-refractivity contribution is 8.14. The zero-order valence-corrected chi connectivity index (χ0v) is 13.6. The third kappa shape index (κ3) is 3.23. The summed E-state index contributed by atoms with van der Waals surface area (Å²) in [6.45, 7) is 3.05. The number of aliphatic imine (C=N–C) groups is 1. The van der Waals surface area contributed by atoms with Crippen LogP contribution in [0, 0.1) is 5.82 Å². The quantitative estimate of drug-likeness (QED) is 0.936. The van der Waals surface area contributed by atoms with Gasteiger partial charge in [0, 0.05) is 18.3 Å². The predicted octanol–water partition coefficient (Wildman–Crippen LogP) is 2.99. The molecule has 1 N–H and O–H groups in total. The van der Waals surface area contributed by atoms with Gasteiger partial charge in [0.15, 0.2) is 10.9 Å². The number of nitrogens with zero attached hydrogens (tertiary/aromatic N) is 3. The molecule has 0 radical (unpaired) electrons. The lowest BCUT2D eigenvalue weighted by Crippen LogP contribution is -2.44. The number of hydrogen-bond donors (Lipinski definition) is 1. The van der Waals surface area contributed by atoms with Gasteiger partial charge >= 0.3 is 0 Å². The maximum atomic E-state index is 13.1. The summed E-state index contributed by atoms with van der Waals surface area (Å²) in [5.74, 6) is 0.156. The third-order valence-corrected chi connectivity index (χ3v) is 4.96. The van der Waals surface area contributed by atoms with Crippen molar-refractivity contribution in [1.29, 1.82) is 0 Å². The Bertz CT molecular complexity index is 693. The normalized spacial score (nSPS) is 22.7. The lowest BCUT2D eigenvalue weighted by molar-refractivity contribution is -0.0454. The second kappa shape index (κ2) is 6.68. The van der Waals surface area contributed by atoms with Gasteiger partial charge in [0.25, 0.3) is 0 Å². The van der Waals surface area contributed by atoms with Crippen LogP contribution in [0.25, 0.3) is 0 Å². The lowest BCUT2D eigenvalue weighted by Gasteiger charge is -2.33. The van der Waals surface area contributed by atoms with Gasteiger partial charge in [-0.2, -0.15) is 0 Å². The van der Waals surface area contributed by atoms with E-state index in [1.54, 1.807) is 18.3 Å². The molecule has 2 heterocycles. The number of halogens is 1. The fraction of sp³-hybridized carbons (Fsp3) is 0.294. The molecule has 1 aromatic heterocycles. The van der Waals surface area contributed by atoms with Gasteiger partial charge in [-0.25, -0.2) is 4.39 Å². The standard InChI is InChI=1S/C17H18FN3OS/c1-2-21-16(20-11-15-5-3-4-10-19-15)23-12-17(21,22)13-6-8-14(18)9-7-13/h3-10,22H,2,11-12H2,1H3. The van der Waals surface area contributed by atoms with E-state index in [9.17, 15) is 9.50 Å². The maximum Gasteiger partial charge on any atom is 0.175 e. The first-order valence-corrected chi connectivity index (χ1v) is 8.45. The van der Waals surface area contributed by atoms with Crippen molar-refractivity contribution < 1.29 is 9.50 Å². The average molecular weight is 331 g/mol. The van der Waals surface area contributed by atoms with Gasteiger partial charge in [0.1, 0.15) is 5.82 Å². The maximum absolute atomic E-state index is 13.1. The van der Waals surface area contributed by atoms with Crippen LogP contribution in [-0.4, -0.2) is 32.5 Å². The molecule has 1 atom stereocenters. The minimum atomic E-state index is -1.16. The van der Waals surface area contributed by atoms with Crippen LogP contribution >= 0.6 is 11.8 Å². The Morgan fingerprint density at radius 2 is 2.09 bits per heavy atom. The molecule has 2 aromatic rings. The van der Waals surface area contributed by atoms with Gasteiger partial charge in [-0.15, -0.1) is 0 Å². The van der Waals surface area contributed by atoms with Crippen LogP contribution in [0.15, 0.2) is 53.7 Å². The molecule has 1 saturated heterocycles. The second-order valence-corrected chi connectivity index (χ2v) is 6.22. The van der Waals surface area contributed by atoms with Crippen molar-refractivity contribution in [2.45, 2.75) is 19.2 Å². The number of amidine groups is 1. The first-order valence-electron chi connectivity index (χ1n) is 7.46. The smallest absolute Gasteiger partial charge is 0.175 e. The van der Waals surface area contributed by atoms with Crippen LogP contribution in [0.5, 0.6) is 0 Å². The summed E-state index contributed by atoms with van der Waals surface area (Å²) in [6, 6.07) is 11.7. The Morgan fingerprint density at radius 3 is 2.74 bits per heavy atom. The molecule has 4 nitrogen and oxygen atoms in total. The van der Waals surface area contributed by atoms with Crippen molar-refractivity contribution in [3.05, 3.63) is 65.7 Å². The molecule has 0 amide bonds. The molecular formula is C17H18FN3OS. The molecule has 23 heavy (non-hydrogen) atoms. The fourth-order valence-electron chi connectivity index (χ4n) is 2.60. The number of hydrogen-bond acceptors (Lipinski definition) is 4. The molecule has 0 aliphatic carbocycles. The summed E-state index contributed by atoms with van der Waals surface area (Å²) in [6.07, 6.45) is 1.74. The van der Waals surface area contributed by atoms with Crippen molar-refractivity contribution in [1.82, 2.24) is 9.88 Å². The molecule has 3 rings (SSSR count). The van der Waals surface area contributed by atoms with Gasteiger partial charge in [-0.05, 0) is 31.2 Å². The zero-order valence-electron chi connectivity index (χ0n) is 12.8. The summed E-state index contributed by atoms with van der Waals surface area (Å²) >= 11 is 1.50. The van der Waals surface area contributed by atoms with Crippen LogP contribution in [0.4, 0.5) is 4.39 Å². The molecule has 1 unspecified atom stereocenters. The molecule has 1 aromatic carbocycles.